The lowest BCUT2D eigenvalue weighted by Crippen LogP contribution is -2.18. The molecule has 6 heteroatoms. The van der Waals surface area contributed by atoms with Gasteiger partial charge < -0.3 is 0 Å². The molecule has 3 nitrogen and oxygen atoms in total. The van der Waals surface area contributed by atoms with Crippen LogP contribution < -0.4 is 0 Å². The number of halogens is 3. The van der Waals surface area contributed by atoms with Gasteiger partial charge in [0.05, 0.1) is 0 Å². The number of carbonyl (C=O) groups is 1. The molecule has 1 heterocycles. The average molecular weight is 178 g/mol. The maximum Gasteiger partial charge on any atom is 0.408 e. The molecule has 0 N–H and O–H groups in total. The molecule has 0 atom stereocenters. The zero-order valence-electron chi connectivity index (χ0n) is 5.88. The minimum absolute atomic E-state index is 0.000694. The van der Waals surface area contributed by atoms with E-state index in [0.717, 1.165) is 6.20 Å². The fourth-order valence-electron chi connectivity index (χ4n) is 0.712. The second-order valence-electron chi connectivity index (χ2n) is 2.17. The Kier molecular flexibility index (Phi) is 2.16. The van der Waals surface area contributed by atoms with Crippen LogP contribution in [-0.2, 0) is 6.54 Å². The van der Waals surface area contributed by atoms with Crippen LogP contribution in [0.4, 0.5) is 13.2 Å². The van der Waals surface area contributed by atoms with Crippen LogP contribution in [0.2, 0.25) is 0 Å². The summed E-state index contributed by atoms with van der Waals surface area (Å²) >= 11 is 0. The Bertz CT molecular complexity index is 279. The van der Waals surface area contributed by atoms with Crippen molar-refractivity contribution in [3.05, 3.63) is 18.0 Å². The molecule has 0 amide bonds. The summed E-state index contributed by atoms with van der Waals surface area (Å²) < 4.78 is 35.8. The molecule has 0 aliphatic heterocycles. The molecule has 12 heavy (non-hydrogen) atoms. The number of carbonyl (C=O) groups excluding carboxylic acids is 1. The number of alkyl halides is 3. The number of aldehydes is 1. The van der Waals surface area contributed by atoms with Crippen molar-refractivity contribution in [3.63, 3.8) is 0 Å². The van der Waals surface area contributed by atoms with Gasteiger partial charge in [0.25, 0.3) is 0 Å². The summed E-state index contributed by atoms with van der Waals surface area (Å²) in [4.78, 5) is 10.0. The first kappa shape index (κ1) is 8.76. The molecule has 1 rings (SSSR count). The van der Waals surface area contributed by atoms with E-state index >= 15 is 0 Å². The Morgan fingerprint density at radius 2 is 2.25 bits per heavy atom. The Morgan fingerprint density at radius 1 is 1.58 bits per heavy atom. The fourth-order valence-corrected chi connectivity index (χ4v) is 0.712. The van der Waals surface area contributed by atoms with Crippen LogP contribution in [0.5, 0.6) is 0 Å². The lowest BCUT2D eigenvalue weighted by molar-refractivity contribution is -0.142. The molecule has 0 aliphatic rings. The summed E-state index contributed by atoms with van der Waals surface area (Å²) in [5.74, 6) is 0. The fraction of sp³-hybridized carbons (Fsp3) is 0.333. The van der Waals surface area contributed by atoms with Crippen LogP contribution in [-0.4, -0.2) is 22.2 Å². The van der Waals surface area contributed by atoms with Crippen LogP contribution in [0.1, 0.15) is 10.5 Å². The summed E-state index contributed by atoms with van der Waals surface area (Å²) in [6.45, 7) is -1.17. The zero-order valence-corrected chi connectivity index (χ0v) is 5.88. The van der Waals surface area contributed by atoms with Crippen LogP contribution in [0.25, 0.3) is 0 Å². The van der Waals surface area contributed by atoms with E-state index < -0.39 is 12.7 Å². The van der Waals surface area contributed by atoms with Crippen molar-refractivity contribution in [1.29, 1.82) is 0 Å². The summed E-state index contributed by atoms with van der Waals surface area (Å²) in [5, 5.41) is 3.34. The second kappa shape index (κ2) is 2.96. The Morgan fingerprint density at radius 3 is 2.67 bits per heavy atom. The molecule has 0 fully saturated rings. The molecule has 0 radical (unpaired) electrons. The molecular weight excluding hydrogens is 173 g/mol. The van der Waals surface area contributed by atoms with Gasteiger partial charge in [-0.15, -0.1) is 0 Å². The monoisotopic (exact) mass is 178 g/mol. The normalized spacial score (nSPS) is 11.6. The average Bonchev–Trinajstić information content (AvgIpc) is 2.32. The van der Waals surface area contributed by atoms with Crippen LogP contribution in [0.3, 0.4) is 0 Å². The second-order valence-corrected chi connectivity index (χ2v) is 2.17. The van der Waals surface area contributed by atoms with Crippen molar-refractivity contribution in [3.8, 4) is 0 Å². The molecule has 1 aromatic heterocycles. The van der Waals surface area contributed by atoms with Gasteiger partial charge in [-0.3, -0.25) is 9.48 Å². The Balaban J connectivity index is 2.70. The SMILES string of the molecule is O=Cc1ccn(CC(F)(F)F)n1. The number of hydrogen-bond acceptors (Lipinski definition) is 2. The molecule has 0 aromatic carbocycles. The highest BCUT2D eigenvalue weighted by molar-refractivity contribution is 5.71. The predicted molar refractivity (Wildman–Crippen MR) is 33.7 cm³/mol. The maximum atomic E-state index is 11.7. The first-order valence-corrected chi connectivity index (χ1v) is 3.06. The smallest absolute Gasteiger partial charge is 0.296 e. The summed E-state index contributed by atoms with van der Waals surface area (Å²) in [6.07, 6.45) is -2.80. The van der Waals surface area contributed by atoms with Gasteiger partial charge in [0.2, 0.25) is 0 Å². The zero-order chi connectivity index (χ0) is 9.19. The van der Waals surface area contributed by atoms with Gasteiger partial charge >= 0.3 is 6.18 Å². The molecule has 0 unspecified atom stereocenters. The summed E-state index contributed by atoms with van der Waals surface area (Å²) in [7, 11) is 0. The third kappa shape index (κ3) is 2.37. The van der Waals surface area contributed by atoms with Crippen molar-refractivity contribution >= 4 is 6.29 Å². The summed E-state index contributed by atoms with van der Waals surface area (Å²) in [6, 6.07) is 1.22. The van der Waals surface area contributed by atoms with Crippen LogP contribution in [0, 0.1) is 0 Å². The molecule has 0 bridgehead atoms. The highest BCUT2D eigenvalue weighted by Gasteiger charge is 2.28. The first-order chi connectivity index (χ1) is 5.51. The maximum absolute atomic E-state index is 11.7. The molecule has 0 saturated heterocycles. The van der Waals surface area contributed by atoms with Gasteiger partial charge in [0.15, 0.2) is 6.29 Å². The van der Waals surface area contributed by atoms with Crippen LogP contribution in [0.15, 0.2) is 12.3 Å². The van der Waals surface area contributed by atoms with E-state index in [1.54, 1.807) is 0 Å². The number of rotatable bonds is 2. The van der Waals surface area contributed by atoms with Crippen molar-refractivity contribution in [2.24, 2.45) is 0 Å². The predicted octanol–water partition coefficient (Wildman–Crippen LogP) is 1.26. The number of nitrogens with zero attached hydrogens (tertiary/aromatic N) is 2. The highest BCUT2D eigenvalue weighted by atomic mass is 19.4. The van der Waals surface area contributed by atoms with Gasteiger partial charge in [0, 0.05) is 6.20 Å². The van der Waals surface area contributed by atoms with E-state index in [1.165, 1.54) is 6.07 Å². The van der Waals surface area contributed by atoms with E-state index in [0.29, 0.717) is 11.0 Å². The van der Waals surface area contributed by atoms with Crippen LogP contribution >= 0.6 is 0 Å². The Hall–Kier alpha value is -1.33. The third-order valence-corrected chi connectivity index (χ3v) is 1.12. The minimum Gasteiger partial charge on any atom is -0.296 e. The number of aromatic nitrogens is 2. The molecule has 0 aliphatic carbocycles. The Labute approximate surface area is 65.8 Å². The van der Waals surface area contributed by atoms with Crippen molar-refractivity contribution in [2.75, 3.05) is 0 Å². The molecular formula is C6H5F3N2O. The van der Waals surface area contributed by atoms with Gasteiger partial charge in [-0.25, -0.2) is 0 Å². The number of hydrogen-bond donors (Lipinski definition) is 0. The quantitative estimate of drug-likeness (QED) is 0.639. The van der Waals surface area contributed by atoms with Gasteiger partial charge in [-0.1, -0.05) is 0 Å². The lowest BCUT2D eigenvalue weighted by Gasteiger charge is -2.04. The molecule has 66 valence electrons. The van der Waals surface area contributed by atoms with Crippen molar-refractivity contribution < 1.29 is 18.0 Å². The summed E-state index contributed by atoms with van der Waals surface area (Å²) in [5.41, 5.74) is -0.000694. The molecule has 1 aromatic rings. The third-order valence-electron chi connectivity index (χ3n) is 1.12. The largest absolute Gasteiger partial charge is 0.408 e. The topological polar surface area (TPSA) is 34.9 Å². The van der Waals surface area contributed by atoms with E-state index in [-0.39, 0.29) is 5.69 Å². The molecule has 0 spiro atoms. The van der Waals surface area contributed by atoms with Gasteiger partial charge in [0.1, 0.15) is 12.2 Å². The highest BCUT2D eigenvalue weighted by Crippen LogP contribution is 2.16. The molecule has 0 saturated carbocycles. The minimum atomic E-state index is -4.30. The van der Waals surface area contributed by atoms with E-state index in [2.05, 4.69) is 5.10 Å². The van der Waals surface area contributed by atoms with Crippen molar-refractivity contribution in [2.45, 2.75) is 12.7 Å². The standard InChI is InChI=1S/C6H5F3N2O/c7-6(8,9)4-11-2-1-5(3-12)10-11/h1-3H,4H2. The lowest BCUT2D eigenvalue weighted by atomic mass is 10.5. The first-order valence-electron chi connectivity index (χ1n) is 3.06. The van der Waals surface area contributed by atoms with E-state index in [9.17, 15) is 18.0 Å². The van der Waals surface area contributed by atoms with E-state index in [4.69, 9.17) is 0 Å². The van der Waals surface area contributed by atoms with Crippen molar-refractivity contribution in [1.82, 2.24) is 9.78 Å². The van der Waals surface area contributed by atoms with E-state index in [1.807, 2.05) is 0 Å². The van der Waals surface area contributed by atoms with Gasteiger partial charge in [-0.2, -0.15) is 18.3 Å². The van der Waals surface area contributed by atoms with Gasteiger partial charge in [-0.05, 0) is 6.07 Å².